The fraction of sp³-hybridized carbons (Fsp3) is 0.143. The zero-order valence-corrected chi connectivity index (χ0v) is 16.0. The number of ketones is 1. The third-order valence-corrected chi connectivity index (χ3v) is 5.35. The van der Waals surface area contributed by atoms with Gasteiger partial charge in [0.05, 0.1) is 5.69 Å². The molecule has 0 spiro atoms. The lowest BCUT2D eigenvalue weighted by atomic mass is 10.0. The number of amides is 2. The Balaban J connectivity index is 1.89. The van der Waals surface area contributed by atoms with Crippen molar-refractivity contribution in [1.82, 2.24) is 10.3 Å². The zero-order valence-electron chi connectivity index (χ0n) is 15.2. The summed E-state index contributed by atoms with van der Waals surface area (Å²) in [5.74, 6) is -2.34. The first-order valence-electron chi connectivity index (χ1n) is 8.65. The predicted octanol–water partition coefficient (Wildman–Crippen LogP) is 2.51. The minimum atomic E-state index is -1.08. The van der Waals surface area contributed by atoms with Crippen molar-refractivity contribution in [2.45, 2.75) is 19.4 Å². The Morgan fingerprint density at radius 3 is 2.46 bits per heavy atom. The zero-order chi connectivity index (χ0) is 20.1. The van der Waals surface area contributed by atoms with Gasteiger partial charge >= 0.3 is 0 Å². The normalized spacial score (nSPS) is 11.6. The summed E-state index contributed by atoms with van der Waals surface area (Å²) in [6, 6.07) is 13.6. The number of hydrogen-bond donors (Lipinski definition) is 2. The van der Waals surface area contributed by atoms with E-state index in [0.29, 0.717) is 16.1 Å². The molecule has 28 heavy (non-hydrogen) atoms. The van der Waals surface area contributed by atoms with Gasteiger partial charge in [0, 0.05) is 18.2 Å². The lowest BCUT2D eigenvalue weighted by molar-refractivity contribution is -0.137. The lowest BCUT2D eigenvalue weighted by Crippen LogP contribution is -2.47. The first kappa shape index (κ1) is 19.4. The van der Waals surface area contributed by atoms with Crippen LogP contribution in [0.25, 0.3) is 11.3 Å². The Labute approximate surface area is 166 Å². The average Bonchev–Trinajstić information content (AvgIpc) is 3.09. The van der Waals surface area contributed by atoms with E-state index in [9.17, 15) is 14.4 Å². The van der Waals surface area contributed by atoms with Crippen LogP contribution in [0.15, 0.2) is 60.1 Å². The van der Waals surface area contributed by atoms with Crippen LogP contribution in [0.2, 0.25) is 0 Å². The second-order valence-corrected chi connectivity index (χ2v) is 7.16. The summed E-state index contributed by atoms with van der Waals surface area (Å²) in [5, 5.41) is 4.54. The Kier molecular flexibility index (Phi) is 5.96. The highest BCUT2D eigenvalue weighted by atomic mass is 32.1. The molecule has 0 aliphatic carbocycles. The van der Waals surface area contributed by atoms with E-state index in [2.05, 4.69) is 10.3 Å². The number of nitrogens with one attached hydrogen (secondary N) is 1. The molecule has 6 nitrogen and oxygen atoms in total. The maximum Gasteiger partial charge on any atom is 0.287 e. The Hall–Kier alpha value is -3.32. The predicted molar refractivity (Wildman–Crippen MR) is 108 cm³/mol. The molecule has 0 fully saturated rings. The van der Waals surface area contributed by atoms with Crippen LogP contribution in [0.1, 0.15) is 20.8 Å². The van der Waals surface area contributed by atoms with Gasteiger partial charge in [-0.15, -0.1) is 11.3 Å². The Morgan fingerprint density at radius 2 is 1.82 bits per heavy atom. The number of primary amides is 1. The minimum absolute atomic E-state index is 0.178. The van der Waals surface area contributed by atoms with Gasteiger partial charge < -0.3 is 11.1 Å². The van der Waals surface area contributed by atoms with Gasteiger partial charge in [0.1, 0.15) is 10.9 Å². The fourth-order valence-corrected chi connectivity index (χ4v) is 3.86. The molecule has 2 aromatic heterocycles. The largest absolute Gasteiger partial charge is 0.363 e. The summed E-state index contributed by atoms with van der Waals surface area (Å²) >= 11 is 1.27. The first-order valence-corrected chi connectivity index (χ1v) is 9.53. The van der Waals surface area contributed by atoms with Gasteiger partial charge in [-0.2, -0.15) is 0 Å². The van der Waals surface area contributed by atoms with Crippen molar-refractivity contribution in [3.63, 3.8) is 0 Å². The number of carbonyl (C=O) groups excluding carboxylic acids is 3. The van der Waals surface area contributed by atoms with E-state index in [4.69, 9.17) is 5.73 Å². The van der Waals surface area contributed by atoms with Gasteiger partial charge in [0.15, 0.2) is 0 Å². The SMILES string of the molecule is Cc1csc(C(=O)NC(Cc2ccccc2)C(=O)C(N)=O)c1-c1ccccn1. The third-order valence-electron chi connectivity index (χ3n) is 4.25. The van der Waals surface area contributed by atoms with Crippen LogP contribution in [-0.2, 0) is 16.0 Å². The summed E-state index contributed by atoms with van der Waals surface area (Å²) in [4.78, 5) is 41.4. The number of rotatable bonds is 7. The number of hydrogen-bond acceptors (Lipinski definition) is 5. The minimum Gasteiger partial charge on any atom is -0.363 e. The molecule has 2 heterocycles. The highest BCUT2D eigenvalue weighted by Gasteiger charge is 2.28. The van der Waals surface area contributed by atoms with Crippen LogP contribution in [0.3, 0.4) is 0 Å². The molecule has 1 atom stereocenters. The number of thiophene rings is 1. The van der Waals surface area contributed by atoms with Crippen LogP contribution in [0, 0.1) is 6.92 Å². The van der Waals surface area contributed by atoms with Gasteiger partial charge in [0.2, 0.25) is 5.78 Å². The smallest absolute Gasteiger partial charge is 0.287 e. The van der Waals surface area contributed by atoms with Gasteiger partial charge in [-0.25, -0.2) is 0 Å². The van der Waals surface area contributed by atoms with Crippen molar-refractivity contribution < 1.29 is 14.4 Å². The van der Waals surface area contributed by atoms with E-state index in [1.807, 2.05) is 54.8 Å². The summed E-state index contributed by atoms with van der Waals surface area (Å²) in [5.41, 5.74) is 8.30. The number of carbonyl (C=O) groups is 3. The van der Waals surface area contributed by atoms with Crippen LogP contribution >= 0.6 is 11.3 Å². The number of nitrogens with zero attached hydrogens (tertiary/aromatic N) is 1. The van der Waals surface area contributed by atoms with Gasteiger partial charge in [-0.3, -0.25) is 19.4 Å². The maximum atomic E-state index is 12.9. The molecule has 3 N–H and O–H groups in total. The summed E-state index contributed by atoms with van der Waals surface area (Å²) in [7, 11) is 0. The molecule has 0 bridgehead atoms. The molecule has 3 aromatic rings. The maximum absolute atomic E-state index is 12.9. The number of benzene rings is 1. The van der Waals surface area contributed by atoms with E-state index in [1.165, 1.54) is 11.3 Å². The molecule has 1 unspecified atom stereocenters. The van der Waals surface area contributed by atoms with E-state index in [1.54, 1.807) is 12.3 Å². The van der Waals surface area contributed by atoms with Gasteiger partial charge in [-0.1, -0.05) is 36.4 Å². The van der Waals surface area contributed by atoms with Gasteiger partial charge in [-0.05, 0) is 35.6 Å². The molecule has 0 aliphatic heterocycles. The van der Waals surface area contributed by atoms with Crippen LogP contribution in [0.4, 0.5) is 0 Å². The highest BCUT2D eigenvalue weighted by Crippen LogP contribution is 2.31. The molecule has 0 aliphatic rings. The van der Waals surface area contributed by atoms with Crippen molar-refractivity contribution in [1.29, 1.82) is 0 Å². The molecule has 7 heteroatoms. The van der Waals surface area contributed by atoms with Crippen molar-refractivity contribution in [2.24, 2.45) is 5.73 Å². The first-order chi connectivity index (χ1) is 13.5. The number of Topliss-reactive ketones (excluding diaryl/α,β-unsaturated/α-hetero) is 1. The fourth-order valence-electron chi connectivity index (χ4n) is 2.89. The second kappa shape index (κ2) is 8.58. The van der Waals surface area contributed by atoms with Crippen molar-refractivity contribution in [2.75, 3.05) is 0 Å². The number of pyridine rings is 1. The van der Waals surface area contributed by atoms with E-state index in [-0.39, 0.29) is 6.42 Å². The number of aryl methyl sites for hydroxylation is 1. The molecule has 1 aromatic carbocycles. The molecule has 0 saturated carbocycles. The molecular formula is C21H19N3O3S. The van der Waals surface area contributed by atoms with E-state index >= 15 is 0 Å². The quantitative estimate of drug-likeness (QED) is 0.602. The number of aromatic nitrogens is 1. The highest BCUT2D eigenvalue weighted by molar-refractivity contribution is 7.12. The van der Waals surface area contributed by atoms with Crippen molar-refractivity contribution >= 4 is 28.9 Å². The number of nitrogens with two attached hydrogens (primary N) is 1. The Bertz CT molecular complexity index is 1000. The standard InChI is InChI=1S/C21H19N3O3S/c1-13-12-28-19(17(13)15-9-5-6-10-23-15)21(27)24-16(18(25)20(22)26)11-14-7-3-2-4-8-14/h2-10,12,16H,11H2,1H3,(H2,22,26)(H,24,27). The molecule has 2 amide bonds. The lowest BCUT2D eigenvalue weighted by Gasteiger charge is -2.16. The van der Waals surface area contributed by atoms with Crippen molar-refractivity contribution in [3.8, 4) is 11.3 Å². The molecular weight excluding hydrogens is 374 g/mol. The Morgan fingerprint density at radius 1 is 1.11 bits per heavy atom. The topological polar surface area (TPSA) is 102 Å². The monoisotopic (exact) mass is 393 g/mol. The molecule has 142 valence electrons. The third kappa shape index (κ3) is 4.32. The van der Waals surface area contributed by atoms with E-state index < -0.39 is 23.6 Å². The summed E-state index contributed by atoms with van der Waals surface area (Å²) in [6.07, 6.45) is 1.83. The van der Waals surface area contributed by atoms with Crippen LogP contribution in [0.5, 0.6) is 0 Å². The summed E-state index contributed by atoms with van der Waals surface area (Å²) in [6.45, 7) is 1.90. The van der Waals surface area contributed by atoms with Crippen LogP contribution in [-0.4, -0.2) is 28.6 Å². The molecule has 3 rings (SSSR count). The second-order valence-electron chi connectivity index (χ2n) is 6.28. The van der Waals surface area contributed by atoms with E-state index in [0.717, 1.165) is 11.1 Å². The van der Waals surface area contributed by atoms with Gasteiger partial charge in [0.25, 0.3) is 11.8 Å². The van der Waals surface area contributed by atoms with Crippen molar-refractivity contribution in [3.05, 3.63) is 76.1 Å². The molecule has 0 saturated heterocycles. The summed E-state index contributed by atoms with van der Waals surface area (Å²) < 4.78 is 0. The average molecular weight is 393 g/mol. The molecule has 0 radical (unpaired) electrons. The van der Waals surface area contributed by atoms with Crippen LogP contribution < -0.4 is 11.1 Å².